The molecule has 3 rings (SSSR count). The van der Waals surface area contributed by atoms with Gasteiger partial charge in [0.05, 0.1) is 5.51 Å². The highest BCUT2D eigenvalue weighted by Gasteiger charge is 2.24. The zero-order valence-electron chi connectivity index (χ0n) is 8.97. The lowest BCUT2D eigenvalue weighted by Gasteiger charge is -2.13. The molecule has 84 valence electrons. The molecular formula is C11H14N4S. The minimum absolute atomic E-state index is 0.621. The van der Waals surface area contributed by atoms with E-state index in [9.17, 15) is 0 Å². The molecule has 0 radical (unpaired) electrons. The van der Waals surface area contributed by atoms with Crippen LogP contribution in [-0.4, -0.2) is 33.2 Å². The Kier molecular flexibility index (Phi) is 2.71. The number of H-pyrrole nitrogens is 1. The van der Waals surface area contributed by atoms with Crippen LogP contribution in [0.5, 0.6) is 0 Å². The number of nitrogens with zero attached hydrogens (tertiary/aromatic N) is 3. The maximum absolute atomic E-state index is 4.11. The third kappa shape index (κ3) is 2.01. The number of aromatic amines is 1. The molecular weight excluding hydrogens is 220 g/mol. The van der Waals surface area contributed by atoms with Crippen molar-refractivity contribution in [3.63, 3.8) is 0 Å². The van der Waals surface area contributed by atoms with Crippen LogP contribution in [-0.2, 0) is 6.54 Å². The normalized spacial score (nSPS) is 21.6. The Bertz CT molecular complexity index is 423. The number of nitrogens with one attached hydrogen (secondary N) is 1. The molecule has 1 aliphatic rings. The molecule has 2 aromatic heterocycles. The van der Waals surface area contributed by atoms with Crippen molar-refractivity contribution in [3.05, 3.63) is 34.5 Å². The summed E-state index contributed by atoms with van der Waals surface area (Å²) in [6.07, 6.45) is 5.02. The third-order valence-electron chi connectivity index (χ3n) is 3.10. The lowest BCUT2D eigenvalue weighted by molar-refractivity contribution is 0.329. The summed E-state index contributed by atoms with van der Waals surface area (Å²) in [5.74, 6) is 0.621. The van der Waals surface area contributed by atoms with Gasteiger partial charge >= 0.3 is 0 Å². The first-order valence-electron chi connectivity index (χ1n) is 5.51. The van der Waals surface area contributed by atoms with E-state index in [0.29, 0.717) is 5.92 Å². The van der Waals surface area contributed by atoms with Gasteiger partial charge in [0, 0.05) is 42.0 Å². The van der Waals surface area contributed by atoms with Crippen molar-refractivity contribution in [1.29, 1.82) is 0 Å². The van der Waals surface area contributed by atoms with Gasteiger partial charge in [0.1, 0.15) is 0 Å². The SMILES string of the molecule is c1cc([C@H]2CCN(Cc3cncs3)C2)[nH]n1. The van der Waals surface area contributed by atoms with E-state index in [1.807, 2.05) is 17.9 Å². The molecule has 5 heteroatoms. The molecule has 1 atom stereocenters. The summed E-state index contributed by atoms with van der Waals surface area (Å²) < 4.78 is 0. The average Bonchev–Trinajstić information content (AvgIpc) is 2.99. The van der Waals surface area contributed by atoms with E-state index >= 15 is 0 Å². The second-order valence-corrected chi connectivity index (χ2v) is 5.17. The number of hydrogen-bond donors (Lipinski definition) is 1. The molecule has 0 aromatic carbocycles. The molecule has 1 fully saturated rings. The molecule has 2 aromatic rings. The van der Waals surface area contributed by atoms with Gasteiger partial charge in [-0.25, -0.2) is 0 Å². The van der Waals surface area contributed by atoms with Gasteiger partial charge in [-0.2, -0.15) is 5.10 Å². The second kappa shape index (κ2) is 4.35. The highest BCUT2D eigenvalue weighted by Crippen LogP contribution is 2.26. The number of thiazole rings is 1. The topological polar surface area (TPSA) is 44.8 Å². The smallest absolute Gasteiger partial charge is 0.0794 e. The summed E-state index contributed by atoms with van der Waals surface area (Å²) in [6, 6.07) is 2.08. The van der Waals surface area contributed by atoms with Gasteiger partial charge in [-0.3, -0.25) is 15.0 Å². The Morgan fingerprint density at radius 2 is 2.56 bits per heavy atom. The number of aromatic nitrogens is 3. The van der Waals surface area contributed by atoms with Crippen LogP contribution in [0.15, 0.2) is 24.0 Å². The Labute approximate surface area is 98.3 Å². The third-order valence-corrected chi connectivity index (χ3v) is 3.86. The molecule has 16 heavy (non-hydrogen) atoms. The van der Waals surface area contributed by atoms with Crippen LogP contribution in [0.4, 0.5) is 0 Å². The van der Waals surface area contributed by atoms with Crippen molar-refractivity contribution in [1.82, 2.24) is 20.1 Å². The van der Waals surface area contributed by atoms with E-state index in [-0.39, 0.29) is 0 Å². The lowest BCUT2D eigenvalue weighted by atomic mass is 10.1. The first-order valence-corrected chi connectivity index (χ1v) is 6.39. The largest absolute Gasteiger partial charge is 0.298 e. The van der Waals surface area contributed by atoms with E-state index in [0.717, 1.165) is 13.1 Å². The van der Waals surface area contributed by atoms with Crippen molar-refractivity contribution < 1.29 is 0 Å². The highest BCUT2D eigenvalue weighted by molar-refractivity contribution is 7.09. The van der Waals surface area contributed by atoms with Gasteiger partial charge in [-0.15, -0.1) is 11.3 Å². The molecule has 4 nitrogen and oxygen atoms in total. The quantitative estimate of drug-likeness (QED) is 0.881. The Balaban J connectivity index is 1.61. The van der Waals surface area contributed by atoms with Crippen molar-refractivity contribution in [2.75, 3.05) is 13.1 Å². The molecule has 0 aliphatic carbocycles. The fourth-order valence-corrected chi connectivity index (χ4v) is 2.90. The van der Waals surface area contributed by atoms with E-state index in [1.165, 1.54) is 23.5 Å². The maximum Gasteiger partial charge on any atom is 0.0794 e. The van der Waals surface area contributed by atoms with Gasteiger partial charge in [-0.1, -0.05) is 0 Å². The fraction of sp³-hybridized carbons (Fsp3) is 0.455. The second-order valence-electron chi connectivity index (χ2n) is 4.20. The monoisotopic (exact) mass is 234 g/mol. The van der Waals surface area contributed by atoms with E-state index in [4.69, 9.17) is 0 Å². The van der Waals surface area contributed by atoms with Crippen LogP contribution >= 0.6 is 11.3 Å². The summed E-state index contributed by atoms with van der Waals surface area (Å²) in [7, 11) is 0. The lowest BCUT2D eigenvalue weighted by Crippen LogP contribution is -2.19. The minimum Gasteiger partial charge on any atom is -0.298 e. The first-order chi connectivity index (χ1) is 7.92. The average molecular weight is 234 g/mol. The number of likely N-dealkylation sites (tertiary alicyclic amines) is 1. The zero-order chi connectivity index (χ0) is 10.8. The Morgan fingerprint density at radius 3 is 3.31 bits per heavy atom. The summed E-state index contributed by atoms with van der Waals surface area (Å²) in [5.41, 5.74) is 3.17. The van der Waals surface area contributed by atoms with Crippen LogP contribution in [0.2, 0.25) is 0 Å². The molecule has 1 aliphatic heterocycles. The molecule has 0 unspecified atom stereocenters. The van der Waals surface area contributed by atoms with E-state index < -0.39 is 0 Å². The summed E-state index contributed by atoms with van der Waals surface area (Å²) in [6.45, 7) is 3.33. The van der Waals surface area contributed by atoms with Crippen LogP contribution in [0.25, 0.3) is 0 Å². The van der Waals surface area contributed by atoms with Crippen molar-refractivity contribution >= 4 is 11.3 Å². The van der Waals surface area contributed by atoms with E-state index in [2.05, 4.69) is 26.1 Å². The van der Waals surface area contributed by atoms with Gasteiger partial charge < -0.3 is 0 Å². The van der Waals surface area contributed by atoms with Crippen molar-refractivity contribution in [2.24, 2.45) is 0 Å². The van der Waals surface area contributed by atoms with Crippen LogP contribution in [0.3, 0.4) is 0 Å². The van der Waals surface area contributed by atoms with Crippen LogP contribution in [0.1, 0.15) is 22.9 Å². The first kappa shape index (κ1) is 9.99. The molecule has 1 saturated heterocycles. The number of rotatable bonds is 3. The van der Waals surface area contributed by atoms with Gasteiger partial charge in [-0.05, 0) is 19.0 Å². The Morgan fingerprint density at radius 1 is 1.56 bits per heavy atom. The number of hydrogen-bond acceptors (Lipinski definition) is 4. The molecule has 0 bridgehead atoms. The molecule has 0 spiro atoms. The van der Waals surface area contributed by atoms with Crippen LogP contribution < -0.4 is 0 Å². The van der Waals surface area contributed by atoms with Gasteiger partial charge in [0.25, 0.3) is 0 Å². The highest BCUT2D eigenvalue weighted by atomic mass is 32.1. The molecule has 3 heterocycles. The van der Waals surface area contributed by atoms with Gasteiger partial charge in [0.15, 0.2) is 0 Å². The van der Waals surface area contributed by atoms with Crippen LogP contribution in [0, 0.1) is 0 Å². The molecule has 0 saturated carbocycles. The Hall–Kier alpha value is -1.20. The fourth-order valence-electron chi connectivity index (χ4n) is 2.26. The predicted molar refractivity (Wildman–Crippen MR) is 63.3 cm³/mol. The van der Waals surface area contributed by atoms with Gasteiger partial charge in [0.2, 0.25) is 0 Å². The molecule has 1 N–H and O–H groups in total. The summed E-state index contributed by atoms with van der Waals surface area (Å²) >= 11 is 1.74. The van der Waals surface area contributed by atoms with E-state index in [1.54, 1.807) is 11.3 Å². The minimum atomic E-state index is 0.621. The summed E-state index contributed by atoms with van der Waals surface area (Å²) in [4.78, 5) is 7.95. The zero-order valence-corrected chi connectivity index (χ0v) is 9.78. The van der Waals surface area contributed by atoms with Crippen molar-refractivity contribution in [2.45, 2.75) is 18.9 Å². The molecule has 0 amide bonds. The van der Waals surface area contributed by atoms with Crippen molar-refractivity contribution in [3.8, 4) is 0 Å². The summed E-state index contributed by atoms with van der Waals surface area (Å²) in [5, 5.41) is 7.09. The standard InChI is InChI=1S/C11H14N4S/c1-3-13-14-11(1)9-2-4-15(6-9)7-10-5-12-8-16-10/h1,3,5,8-9H,2,4,6-7H2,(H,13,14)/t9-/m0/s1. The predicted octanol–water partition coefficient (Wildman–Crippen LogP) is 1.86. The maximum atomic E-state index is 4.11.